The number of likely N-dealkylation sites (N-methyl/N-ethyl adjacent to an activating group) is 2. The molecule has 2 N–H and O–H groups in total. The average molecular weight is 517 g/mol. The van der Waals surface area contributed by atoms with Crippen LogP contribution in [0.2, 0.25) is 0 Å². The Morgan fingerprint density at radius 3 is 1.72 bits per heavy atom. The molecular formula is C36H37FN2. The van der Waals surface area contributed by atoms with Crippen LogP contribution in [0.3, 0.4) is 0 Å². The van der Waals surface area contributed by atoms with Crippen molar-refractivity contribution in [3.8, 4) is 11.1 Å². The molecule has 0 heterocycles. The Hall–Kier alpha value is -3.79. The number of nitrogens with one attached hydrogen (secondary N) is 2. The van der Waals surface area contributed by atoms with Crippen molar-refractivity contribution in [1.29, 1.82) is 0 Å². The second kappa shape index (κ2) is 12.8. The Labute approximate surface area is 231 Å². The SMILES string of the molecule is CNC(Cc1ccccc1)Cc1cc(-c2cccc(F)c2)c(CC(Cc2ccccc2)NC)c2ccccc12. The van der Waals surface area contributed by atoms with Crippen LogP contribution in [-0.4, -0.2) is 26.2 Å². The molecule has 2 atom stereocenters. The number of hydrogen-bond acceptors (Lipinski definition) is 2. The van der Waals surface area contributed by atoms with Gasteiger partial charge in [-0.1, -0.05) is 103 Å². The third kappa shape index (κ3) is 6.62. The minimum absolute atomic E-state index is 0.209. The molecule has 0 amide bonds. The molecule has 5 aromatic rings. The highest BCUT2D eigenvalue weighted by Gasteiger charge is 2.20. The summed E-state index contributed by atoms with van der Waals surface area (Å²) in [4.78, 5) is 0. The van der Waals surface area contributed by atoms with E-state index in [2.05, 4.69) is 102 Å². The van der Waals surface area contributed by atoms with E-state index in [0.29, 0.717) is 0 Å². The molecule has 2 unspecified atom stereocenters. The molecule has 2 nitrogen and oxygen atoms in total. The van der Waals surface area contributed by atoms with E-state index in [9.17, 15) is 4.39 Å². The fourth-order valence-electron chi connectivity index (χ4n) is 5.67. The van der Waals surface area contributed by atoms with Gasteiger partial charge < -0.3 is 10.6 Å². The molecule has 0 aliphatic heterocycles. The first-order valence-electron chi connectivity index (χ1n) is 13.9. The van der Waals surface area contributed by atoms with E-state index in [-0.39, 0.29) is 17.9 Å². The van der Waals surface area contributed by atoms with Crippen molar-refractivity contribution in [3.05, 3.63) is 143 Å². The lowest BCUT2D eigenvalue weighted by Gasteiger charge is -2.24. The molecule has 0 saturated heterocycles. The van der Waals surface area contributed by atoms with Crippen molar-refractivity contribution >= 4 is 10.8 Å². The summed E-state index contributed by atoms with van der Waals surface area (Å²) < 4.78 is 14.5. The van der Waals surface area contributed by atoms with Crippen LogP contribution in [0.15, 0.2) is 115 Å². The molecule has 198 valence electrons. The van der Waals surface area contributed by atoms with Gasteiger partial charge in [-0.05, 0) is 96.1 Å². The number of fused-ring (bicyclic) bond motifs is 1. The van der Waals surface area contributed by atoms with Gasteiger partial charge in [-0.2, -0.15) is 0 Å². The van der Waals surface area contributed by atoms with Crippen LogP contribution in [0.1, 0.15) is 22.3 Å². The van der Waals surface area contributed by atoms with Gasteiger partial charge in [0.15, 0.2) is 0 Å². The molecule has 0 radical (unpaired) electrons. The van der Waals surface area contributed by atoms with E-state index in [1.807, 2.05) is 26.2 Å². The molecule has 39 heavy (non-hydrogen) atoms. The Morgan fingerprint density at radius 2 is 1.13 bits per heavy atom. The summed E-state index contributed by atoms with van der Waals surface area (Å²) in [6.45, 7) is 0. The number of hydrogen-bond donors (Lipinski definition) is 2. The summed E-state index contributed by atoms with van der Waals surface area (Å²) in [6.07, 6.45) is 3.60. The molecule has 0 fully saturated rings. The van der Waals surface area contributed by atoms with Crippen molar-refractivity contribution in [2.75, 3.05) is 14.1 Å². The van der Waals surface area contributed by atoms with Crippen LogP contribution in [0.25, 0.3) is 21.9 Å². The summed E-state index contributed by atoms with van der Waals surface area (Å²) >= 11 is 0. The maximum Gasteiger partial charge on any atom is 0.123 e. The second-order valence-corrected chi connectivity index (χ2v) is 10.4. The van der Waals surface area contributed by atoms with E-state index >= 15 is 0 Å². The Balaban J connectivity index is 1.59. The Bertz CT molecular complexity index is 1500. The van der Waals surface area contributed by atoms with Crippen molar-refractivity contribution in [2.24, 2.45) is 0 Å². The van der Waals surface area contributed by atoms with Crippen molar-refractivity contribution < 1.29 is 4.39 Å². The van der Waals surface area contributed by atoms with Crippen molar-refractivity contribution in [1.82, 2.24) is 10.6 Å². The van der Waals surface area contributed by atoms with Crippen LogP contribution in [0.5, 0.6) is 0 Å². The van der Waals surface area contributed by atoms with E-state index in [4.69, 9.17) is 0 Å². The quantitative estimate of drug-likeness (QED) is 0.191. The van der Waals surface area contributed by atoms with Gasteiger partial charge in [-0.3, -0.25) is 0 Å². The van der Waals surface area contributed by atoms with Gasteiger partial charge in [0.2, 0.25) is 0 Å². The Morgan fingerprint density at radius 1 is 0.564 bits per heavy atom. The van der Waals surface area contributed by atoms with Crippen molar-refractivity contribution in [2.45, 2.75) is 37.8 Å². The smallest absolute Gasteiger partial charge is 0.123 e. The lowest BCUT2D eigenvalue weighted by Crippen LogP contribution is -2.31. The summed E-state index contributed by atoms with van der Waals surface area (Å²) in [6, 6.07) is 39.9. The summed E-state index contributed by atoms with van der Waals surface area (Å²) in [7, 11) is 4.08. The zero-order valence-corrected chi connectivity index (χ0v) is 22.8. The van der Waals surface area contributed by atoms with Gasteiger partial charge in [0.1, 0.15) is 5.82 Å². The summed E-state index contributed by atoms with van der Waals surface area (Å²) in [5, 5.41) is 9.62. The van der Waals surface area contributed by atoms with E-state index in [1.165, 1.54) is 39.1 Å². The first-order valence-corrected chi connectivity index (χ1v) is 13.9. The maximum atomic E-state index is 14.5. The topological polar surface area (TPSA) is 24.1 Å². The van der Waals surface area contributed by atoms with Crippen LogP contribution in [-0.2, 0) is 25.7 Å². The molecular weight excluding hydrogens is 479 g/mol. The fraction of sp³-hybridized carbons (Fsp3) is 0.222. The highest BCUT2D eigenvalue weighted by molar-refractivity contribution is 5.94. The van der Waals surface area contributed by atoms with Crippen LogP contribution in [0.4, 0.5) is 4.39 Å². The van der Waals surface area contributed by atoms with Crippen molar-refractivity contribution in [3.63, 3.8) is 0 Å². The van der Waals surface area contributed by atoms with Crippen LogP contribution >= 0.6 is 0 Å². The lowest BCUT2D eigenvalue weighted by molar-refractivity contribution is 0.555. The van der Waals surface area contributed by atoms with E-state index < -0.39 is 0 Å². The van der Waals surface area contributed by atoms with Gasteiger partial charge >= 0.3 is 0 Å². The molecule has 5 rings (SSSR count). The minimum atomic E-state index is -0.209. The van der Waals surface area contributed by atoms with Crippen LogP contribution < -0.4 is 10.6 Å². The number of rotatable bonds is 11. The largest absolute Gasteiger partial charge is 0.316 e. The lowest BCUT2D eigenvalue weighted by atomic mass is 9.85. The van der Waals surface area contributed by atoms with Crippen LogP contribution in [0, 0.1) is 5.82 Å². The summed E-state index contributed by atoms with van der Waals surface area (Å²) in [5.74, 6) is -0.209. The van der Waals surface area contributed by atoms with Gasteiger partial charge in [-0.25, -0.2) is 4.39 Å². The normalized spacial score (nSPS) is 12.9. The first kappa shape index (κ1) is 26.8. The third-order valence-electron chi connectivity index (χ3n) is 7.76. The average Bonchev–Trinajstić information content (AvgIpc) is 2.98. The van der Waals surface area contributed by atoms with E-state index in [0.717, 1.165) is 36.8 Å². The molecule has 0 aliphatic carbocycles. The zero-order valence-electron chi connectivity index (χ0n) is 22.8. The molecule has 3 heteroatoms. The molecule has 0 bridgehead atoms. The fourth-order valence-corrected chi connectivity index (χ4v) is 5.67. The highest BCUT2D eigenvalue weighted by Crippen LogP contribution is 2.35. The summed E-state index contributed by atoms with van der Waals surface area (Å²) in [5.41, 5.74) is 7.22. The van der Waals surface area contributed by atoms with E-state index in [1.54, 1.807) is 6.07 Å². The van der Waals surface area contributed by atoms with Gasteiger partial charge in [-0.15, -0.1) is 0 Å². The second-order valence-electron chi connectivity index (χ2n) is 10.4. The minimum Gasteiger partial charge on any atom is -0.316 e. The third-order valence-corrected chi connectivity index (χ3v) is 7.76. The molecule has 0 saturated carbocycles. The zero-order chi connectivity index (χ0) is 27.0. The first-order chi connectivity index (χ1) is 19.1. The Kier molecular flexibility index (Phi) is 8.82. The van der Waals surface area contributed by atoms with Gasteiger partial charge in [0.05, 0.1) is 0 Å². The molecule has 0 spiro atoms. The molecule has 0 aliphatic rings. The monoisotopic (exact) mass is 516 g/mol. The number of halogens is 1. The predicted octanol–water partition coefficient (Wildman–Crippen LogP) is 7.39. The molecule has 5 aromatic carbocycles. The van der Waals surface area contributed by atoms with Gasteiger partial charge in [0, 0.05) is 12.1 Å². The van der Waals surface area contributed by atoms with Gasteiger partial charge in [0.25, 0.3) is 0 Å². The standard InChI is InChI=1S/C36H37FN2/c1-38-31(20-26-12-5-3-6-13-26)23-29-24-35(28-16-11-17-30(37)22-28)36(34-19-10-9-18-33(29)34)25-32(39-2)21-27-14-7-4-8-15-27/h3-19,22,24,31-32,38-39H,20-21,23,25H2,1-2H3. The maximum absolute atomic E-state index is 14.5. The molecule has 0 aromatic heterocycles. The predicted molar refractivity (Wildman–Crippen MR) is 163 cm³/mol. The number of benzene rings is 5. The highest BCUT2D eigenvalue weighted by atomic mass is 19.1.